The van der Waals surface area contributed by atoms with E-state index in [2.05, 4.69) is 14.9 Å². The average Bonchev–Trinajstić information content (AvgIpc) is 2.45. The van der Waals surface area contributed by atoms with Crippen LogP contribution in [0.2, 0.25) is 5.15 Å². The Kier molecular flexibility index (Phi) is 8.93. The van der Waals surface area contributed by atoms with Crippen molar-refractivity contribution in [1.29, 1.82) is 0 Å². The zero-order valence-electron chi connectivity index (χ0n) is 12.3. The highest BCUT2D eigenvalue weighted by atomic mass is 35.5. The molecule has 114 valence electrons. The molecule has 0 aliphatic carbocycles. The van der Waals surface area contributed by atoms with E-state index in [1.54, 1.807) is 6.07 Å². The number of aromatic nitrogens is 2. The Morgan fingerprint density at radius 2 is 1.75 bits per heavy atom. The zero-order chi connectivity index (χ0) is 14.8. The molecule has 0 radical (unpaired) electrons. The molecule has 0 bridgehead atoms. The van der Waals surface area contributed by atoms with Gasteiger partial charge in [0.25, 0.3) is 0 Å². The highest BCUT2D eigenvalue weighted by molar-refractivity contribution is 7.98. The number of ether oxygens (including phenoxy) is 2. The van der Waals surface area contributed by atoms with Crippen LogP contribution in [0.3, 0.4) is 0 Å². The van der Waals surface area contributed by atoms with Gasteiger partial charge in [-0.2, -0.15) is 0 Å². The Morgan fingerprint density at radius 3 is 2.25 bits per heavy atom. The minimum absolute atomic E-state index is 0.456. The predicted molar refractivity (Wildman–Crippen MR) is 84.0 cm³/mol. The molecule has 0 saturated heterocycles. The molecule has 0 fully saturated rings. The van der Waals surface area contributed by atoms with Gasteiger partial charge in [0.05, 0.1) is 13.2 Å². The van der Waals surface area contributed by atoms with Crippen LogP contribution in [0.4, 0.5) is 5.82 Å². The fraction of sp³-hybridized carbons (Fsp3) is 0.692. The van der Waals surface area contributed by atoms with Gasteiger partial charge in [0.2, 0.25) is 0 Å². The van der Waals surface area contributed by atoms with Gasteiger partial charge in [-0.3, -0.25) is 0 Å². The molecule has 0 amide bonds. The van der Waals surface area contributed by atoms with Crippen LogP contribution in [-0.4, -0.2) is 55.7 Å². The molecule has 1 aromatic heterocycles. The molecule has 0 spiro atoms. The van der Waals surface area contributed by atoms with E-state index in [1.165, 1.54) is 11.8 Å². The molecule has 1 rings (SSSR count). The molecule has 0 aromatic carbocycles. The molecule has 5 nitrogen and oxygen atoms in total. The lowest BCUT2D eigenvalue weighted by Gasteiger charge is -2.23. The van der Waals surface area contributed by atoms with Gasteiger partial charge in [0.1, 0.15) is 11.0 Å². The second-order valence-electron chi connectivity index (χ2n) is 3.92. The quantitative estimate of drug-likeness (QED) is 0.286. The Morgan fingerprint density at radius 1 is 1.15 bits per heavy atom. The maximum absolute atomic E-state index is 6.04. The first kappa shape index (κ1) is 17.5. The second kappa shape index (κ2) is 10.2. The van der Waals surface area contributed by atoms with Crippen LogP contribution in [0.5, 0.6) is 0 Å². The molecular weight excluding hydrogens is 298 g/mol. The summed E-state index contributed by atoms with van der Waals surface area (Å²) in [6.07, 6.45) is 1.93. The number of hydrogen-bond acceptors (Lipinski definition) is 6. The van der Waals surface area contributed by atoms with Crippen molar-refractivity contribution < 1.29 is 9.47 Å². The average molecular weight is 320 g/mol. The largest absolute Gasteiger partial charge is 0.380 e. The molecule has 0 aliphatic heterocycles. The summed E-state index contributed by atoms with van der Waals surface area (Å²) in [6.45, 7) is 8.19. The van der Waals surface area contributed by atoms with Gasteiger partial charge in [-0.15, -0.1) is 0 Å². The lowest BCUT2D eigenvalue weighted by atomic mass is 10.4. The van der Waals surface area contributed by atoms with Gasteiger partial charge in [-0.05, 0) is 20.1 Å². The minimum atomic E-state index is 0.456. The van der Waals surface area contributed by atoms with Crippen molar-refractivity contribution in [3.8, 4) is 0 Å². The number of rotatable bonds is 10. The van der Waals surface area contributed by atoms with E-state index in [-0.39, 0.29) is 0 Å². The summed E-state index contributed by atoms with van der Waals surface area (Å²) in [5, 5.41) is 1.13. The Labute approximate surface area is 130 Å². The summed E-state index contributed by atoms with van der Waals surface area (Å²) in [4.78, 5) is 10.8. The summed E-state index contributed by atoms with van der Waals surface area (Å²) in [6, 6.07) is 1.78. The fourth-order valence-corrected chi connectivity index (χ4v) is 2.22. The first-order valence-corrected chi connectivity index (χ1v) is 8.30. The van der Waals surface area contributed by atoms with Crippen LogP contribution < -0.4 is 4.90 Å². The van der Waals surface area contributed by atoms with Gasteiger partial charge in [-0.1, -0.05) is 23.4 Å². The van der Waals surface area contributed by atoms with E-state index in [1.807, 2.05) is 20.1 Å². The number of halogens is 1. The predicted octanol–water partition coefficient (Wildman–Crippen LogP) is 2.73. The number of nitrogens with zero attached hydrogens (tertiary/aromatic N) is 3. The molecule has 1 aromatic rings. The Balaban J connectivity index is 2.75. The summed E-state index contributed by atoms with van der Waals surface area (Å²) in [5.74, 6) is 0.814. The van der Waals surface area contributed by atoms with E-state index >= 15 is 0 Å². The molecule has 0 unspecified atom stereocenters. The fourth-order valence-electron chi connectivity index (χ4n) is 1.62. The highest BCUT2D eigenvalue weighted by Crippen LogP contribution is 2.20. The van der Waals surface area contributed by atoms with Crippen LogP contribution in [0.1, 0.15) is 13.8 Å². The van der Waals surface area contributed by atoms with Gasteiger partial charge in [0, 0.05) is 32.4 Å². The first-order chi connectivity index (χ1) is 9.71. The van der Waals surface area contributed by atoms with E-state index in [0.29, 0.717) is 36.7 Å². The van der Waals surface area contributed by atoms with Gasteiger partial charge < -0.3 is 14.4 Å². The number of hydrogen-bond donors (Lipinski definition) is 0. The molecule has 20 heavy (non-hydrogen) atoms. The third-order valence-electron chi connectivity index (χ3n) is 2.59. The first-order valence-electron chi connectivity index (χ1n) is 6.70. The molecule has 1 heterocycles. The maximum atomic E-state index is 6.04. The normalized spacial score (nSPS) is 10.8. The molecule has 0 aliphatic rings. The summed E-state index contributed by atoms with van der Waals surface area (Å²) >= 11 is 7.52. The van der Waals surface area contributed by atoms with Crippen molar-refractivity contribution in [2.24, 2.45) is 0 Å². The molecule has 0 N–H and O–H groups in total. The van der Waals surface area contributed by atoms with Crippen LogP contribution >= 0.6 is 23.4 Å². The second-order valence-corrected chi connectivity index (χ2v) is 5.08. The number of thioether (sulfide) groups is 1. The minimum Gasteiger partial charge on any atom is -0.380 e. The summed E-state index contributed by atoms with van der Waals surface area (Å²) in [5.41, 5.74) is 0. The Bertz CT molecular complexity index is 386. The van der Waals surface area contributed by atoms with E-state index in [9.17, 15) is 0 Å². The van der Waals surface area contributed by atoms with Gasteiger partial charge >= 0.3 is 0 Å². The SMILES string of the molecule is CCOCCN(CCOCC)c1cc(Cl)nc(SC)n1. The van der Waals surface area contributed by atoms with Gasteiger partial charge in [-0.25, -0.2) is 9.97 Å². The van der Waals surface area contributed by atoms with Crippen LogP contribution in [0, 0.1) is 0 Å². The summed E-state index contributed by atoms with van der Waals surface area (Å²) in [7, 11) is 0. The molecule has 0 atom stereocenters. The van der Waals surface area contributed by atoms with Crippen molar-refractivity contribution in [2.45, 2.75) is 19.0 Å². The summed E-state index contributed by atoms with van der Waals surface area (Å²) < 4.78 is 10.8. The van der Waals surface area contributed by atoms with Crippen molar-refractivity contribution in [3.05, 3.63) is 11.2 Å². The zero-order valence-corrected chi connectivity index (χ0v) is 13.8. The highest BCUT2D eigenvalue weighted by Gasteiger charge is 2.11. The van der Waals surface area contributed by atoms with Crippen LogP contribution in [0.15, 0.2) is 11.2 Å². The van der Waals surface area contributed by atoms with E-state index < -0.39 is 0 Å². The lowest BCUT2D eigenvalue weighted by molar-refractivity contribution is 0.141. The van der Waals surface area contributed by atoms with E-state index in [0.717, 1.165) is 18.9 Å². The van der Waals surface area contributed by atoms with Crippen molar-refractivity contribution in [2.75, 3.05) is 50.7 Å². The molecule has 0 saturated carbocycles. The third-order valence-corrected chi connectivity index (χ3v) is 3.33. The van der Waals surface area contributed by atoms with Crippen LogP contribution in [0.25, 0.3) is 0 Å². The molecule has 7 heteroatoms. The Hall–Kier alpha value is -0.560. The third kappa shape index (κ3) is 6.26. The van der Waals surface area contributed by atoms with Crippen LogP contribution in [-0.2, 0) is 9.47 Å². The van der Waals surface area contributed by atoms with Crippen molar-refractivity contribution in [1.82, 2.24) is 9.97 Å². The standard InChI is InChI=1S/C13H22ClN3O2S/c1-4-18-8-6-17(7-9-19-5-2)12-10-11(14)15-13(16-12)20-3/h10H,4-9H2,1-3H3. The van der Waals surface area contributed by atoms with Crippen molar-refractivity contribution >= 4 is 29.2 Å². The van der Waals surface area contributed by atoms with Crippen molar-refractivity contribution in [3.63, 3.8) is 0 Å². The maximum Gasteiger partial charge on any atom is 0.190 e. The lowest BCUT2D eigenvalue weighted by Crippen LogP contribution is -2.32. The van der Waals surface area contributed by atoms with Gasteiger partial charge in [0.15, 0.2) is 5.16 Å². The topological polar surface area (TPSA) is 47.5 Å². The number of anilines is 1. The smallest absolute Gasteiger partial charge is 0.190 e. The monoisotopic (exact) mass is 319 g/mol. The molecular formula is C13H22ClN3O2S. The van der Waals surface area contributed by atoms with E-state index in [4.69, 9.17) is 21.1 Å².